The van der Waals surface area contributed by atoms with Crippen LogP contribution in [-0.4, -0.2) is 91.9 Å². The van der Waals surface area contributed by atoms with E-state index in [1.807, 2.05) is 11.8 Å². The summed E-state index contributed by atoms with van der Waals surface area (Å²) in [5.74, 6) is -4.65. The monoisotopic (exact) mass is 550 g/mol. The lowest BCUT2D eigenvalue weighted by Crippen LogP contribution is -2.48. The summed E-state index contributed by atoms with van der Waals surface area (Å²) in [7, 11) is 0. The molecule has 0 spiro atoms. The van der Waals surface area contributed by atoms with Crippen molar-refractivity contribution in [2.24, 2.45) is 5.92 Å². The van der Waals surface area contributed by atoms with Crippen LogP contribution in [0, 0.1) is 5.92 Å². The molecule has 2 saturated heterocycles. The molecule has 0 bridgehead atoms. The second kappa shape index (κ2) is 12.6. The normalized spacial score (nSPS) is 23.4. The summed E-state index contributed by atoms with van der Waals surface area (Å²) in [5.41, 5.74) is 0.592. The lowest BCUT2D eigenvalue weighted by atomic mass is 9.91. The predicted octanol–water partition coefficient (Wildman–Crippen LogP) is 3.42. The third kappa shape index (κ3) is 6.86. The highest BCUT2D eigenvalue weighted by atomic mass is 35.5. The number of carbonyl (C=O) groups excluding carboxylic acids is 2. The Morgan fingerprint density at radius 1 is 1.05 bits per heavy atom. The van der Waals surface area contributed by atoms with E-state index < -0.39 is 25.0 Å². The van der Waals surface area contributed by atoms with Gasteiger partial charge in [0.05, 0.1) is 17.6 Å². The first-order valence-electron chi connectivity index (χ1n) is 12.6. The van der Waals surface area contributed by atoms with Crippen molar-refractivity contribution in [3.63, 3.8) is 0 Å². The number of carbonyl (C=O) groups is 2. The van der Waals surface area contributed by atoms with Crippen LogP contribution in [0.3, 0.4) is 0 Å². The number of nitrogens with zero attached hydrogens (tertiary/aromatic N) is 3. The number of ether oxygens (including phenoxy) is 1. The summed E-state index contributed by atoms with van der Waals surface area (Å²) in [4.78, 5) is 31.0. The Labute approximate surface area is 220 Å². The maximum atomic E-state index is 13.3. The molecule has 1 N–H and O–H groups in total. The van der Waals surface area contributed by atoms with Crippen molar-refractivity contribution in [2.75, 3.05) is 50.8 Å². The highest BCUT2D eigenvalue weighted by Crippen LogP contribution is 2.32. The molecule has 3 fully saturated rings. The fraction of sp³-hybridized carbons (Fsp3) is 0.680. The van der Waals surface area contributed by atoms with Crippen LogP contribution in [0.4, 0.5) is 23.2 Å². The first-order valence-corrected chi connectivity index (χ1v) is 12.6. The third-order valence-electron chi connectivity index (χ3n) is 7.38. The van der Waals surface area contributed by atoms with E-state index in [0.29, 0.717) is 50.9 Å². The van der Waals surface area contributed by atoms with Crippen molar-refractivity contribution >= 4 is 29.9 Å². The summed E-state index contributed by atoms with van der Waals surface area (Å²) in [5, 5.41) is 3.35. The van der Waals surface area contributed by atoms with Gasteiger partial charge in [0, 0.05) is 38.8 Å². The van der Waals surface area contributed by atoms with Crippen molar-refractivity contribution in [2.45, 2.75) is 57.0 Å². The minimum atomic E-state index is -4.21. The molecule has 2 atom stereocenters. The van der Waals surface area contributed by atoms with E-state index in [4.69, 9.17) is 4.74 Å². The lowest BCUT2D eigenvalue weighted by Gasteiger charge is -2.37. The Balaban J connectivity index is 0.00000380. The van der Waals surface area contributed by atoms with Crippen molar-refractivity contribution < 1.29 is 31.9 Å². The molecule has 2 unspecified atom stereocenters. The molecule has 1 saturated carbocycles. The van der Waals surface area contributed by atoms with Gasteiger partial charge in [-0.2, -0.15) is 8.78 Å². The van der Waals surface area contributed by atoms with E-state index in [0.717, 1.165) is 25.8 Å². The molecule has 7 nitrogen and oxygen atoms in total. The van der Waals surface area contributed by atoms with E-state index in [9.17, 15) is 27.2 Å². The number of para-hydroxylation sites is 2. The molecule has 1 aromatic rings. The molecule has 3 aliphatic rings. The fourth-order valence-corrected chi connectivity index (χ4v) is 4.89. The zero-order chi connectivity index (χ0) is 25.9. The third-order valence-corrected chi connectivity index (χ3v) is 7.38. The van der Waals surface area contributed by atoms with Gasteiger partial charge in [0.25, 0.3) is 0 Å². The number of nitrogens with one attached hydrogen (secondary N) is 1. The average Bonchev–Trinajstić information content (AvgIpc) is 3.03. The molecule has 0 radical (unpaired) electrons. The van der Waals surface area contributed by atoms with Crippen LogP contribution in [0.15, 0.2) is 24.3 Å². The van der Waals surface area contributed by atoms with Crippen LogP contribution in [-0.2, 0) is 9.59 Å². The topological polar surface area (TPSA) is 65.1 Å². The molecule has 1 aromatic carbocycles. The number of piperazine rings is 1. The predicted molar refractivity (Wildman–Crippen MR) is 134 cm³/mol. The Bertz CT molecular complexity index is 929. The van der Waals surface area contributed by atoms with Gasteiger partial charge in [0.15, 0.2) is 6.61 Å². The Morgan fingerprint density at radius 2 is 1.73 bits per heavy atom. The van der Waals surface area contributed by atoms with E-state index in [1.165, 1.54) is 11.0 Å². The van der Waals surface area contributed by atoms with E-state index in [2.05, 4.69) is 10.2 Å². The van der Waals surface area contributed by atoms with E-state index in [1.54, 1.807) is 18.2 Å². The Hall–Kier alpha value is -2.11. The number of imide groups is 1. The van der Waals surface area contributed by atoms with Gasteiger partial charge in [0.2, 0.25) is 11.8 Å². The molecule has 208 valence electrons. The first kappa shape index (κ1) is 29.4. The smallest absolute Gasteiger partial charge is 0.340 e. The van der Waals surface area contributed by atoms with Crippen LogP contribution in [0.25, 0.3) is 0 Å². The highest BCUT2D eigenvalue weighted by molar-refractivity contribution is 6.06. The molecular weight excluding hydrogens is 516 g/mol. The van der Waals surface area contributed by atoms with Gasteiger partial charge in [-0.1, -0.05) is 25.5 Å². The maximum absolute atomic E-state index is 13.3. The molecule has 0 aromatic heterocycles. The molecule has 1 aliphatic carbocycles. The SMILES string of the molecule is CC1C(=O)N(CCCN2CCN(c3ccccc3OCC(F)(F)C(F)F)CC2)C(=O)C1NC1CCC1.Cl. The number of benzene rings is 1. The van der Waals surface area contributed by atoms with Crippen LogP contribution >= 0.6 is 12.4 Å². The maximum Gasteiger partial charge on any atom is 0.340 e. The number of alkyl halides is 4. The summed E-state index contributed by atoms with van der Waals surface area (Å²) >= 11 is 0. The van der Waals surface area contributed by atoms with Gasteiger partial charge in [-0.3, -0.25) is 19.4 Å². The minimum Gasteiger partial charge on any atom is -0.485 e. The average molecular weight is 551 g/mol. The van der Waals surface area contributed by atoms with Gasteiger partial charge in [-0.05, 0) is 37.9 Å². The second-order valence-electron chi connectivity index (χ2n) is 9.89. The lowest BCUT2D eigenvalue weighted by molar-refractivity contribution is -0.148. The summed E-state index contributed by atoms with van der Waals surface area (Å²) < 4.78 is 56.6. The van der Waals surface area contributed by atoms with Gasteiger partial charge in [0.1, 0.15) is 5.75 Å². The second-order valence-corrected chi connectivity index (χ2v) is 9.89. The van der Waals surface area contributed by atoms with Crippen LogP contribution in [0.2, 0.25) is 0 Å². The zero-order valence-corrected chi connectivity index (χ0v) is 21.7. The molecule has 12 heteroatoms. The molecular formula is C25H35ClF4N4O3. The van der Waals surface area contributed by atoms with Crippen molar-refractivity contribution in [1.82, 2.24) is 15.1 Å². The van der Waals surface area contributed by atoms with E-state index in [-0.39, 0.29) is 35.9 Å². The number of hydrogen-bond donors (Lipinski definition) is 1. The Kier molecular flexibility index (Phi) is 10.0. The summed E-state index contributed by atoms with van der Waals surface area (Å²) in [6.45, 7) is 4.16. The number of halogens is 5. The van der Waals surface area contributed by atoms with Crippen LogP contribution in [0.5, 0.6) is 5.75 Å². The summed E-state index contributed by atoms with van der Waals surface area (Å²) in [6.07, 6.45) is 0.145. The highest BCUT2D eigenvalue weighted by Gasteiger charge is 2.46. The van der Waals surface area contributed by atoms with Crippen molar-refractivity contribution in [1.29, 1.82) is 0 Å². The number of likely N-dealkylation sites (tertiary alicyclic amines) is 1. The molecule has 2 amide bonds. The number of amides is 2. The van der Waals surface area contributed by atoms with Crippen molar-refractivity contribution in [3.8, 4) is 5.75 Å². The quantitative estimate of drug-likeness (QED) is 0.336. The zero-order valence-electron chi connectivity index (χ0n) is 20.9. The molecule has 2 heterocycles. The largest absolute Gasteiger partial charge is 0.485 e. The first-order chi connectivity index (χ1) is 17.2. The standard InChI is InChI=1S/C25H34F4N4O3.ClH/c1-17-21(30-18-6-4-7-18)23(35)33(22(17)34)11-5-10-31-12-14-32(15-13-31)19-8-2-3-9-20(19)36-16-25(28,29)24(26)27;/h2-3,8-9,17-18,21,24,30H,4-7,10-16H2,1H3;1H. The molecule has 37 heavy (non-hydrogen) atoms. The number of anilines is 1. The summed E-state index contributed by atoms with van der Waals surface area (Å²) in [6, 6.07) is 6.50. The van der Waals surface area contributed by atoms with Gasteiger partial charge < -0.3 is 15.0 Å². The fourth-order valence-electron chi connectivity index (χ4n) is 4.89. The van der Waals surface area contributed by atoms with Crippen LogP contribution < -0.4 is 15.0 Å². The van der Waals surface area contributed by atoms with Gasteiger partial charge >= 0.3 is 12.3 Å². The molecule has 4 rings (SSSR count). The number of rotatable bonds is 11. The van der Waals surface area contributed by atoms with Crippen molar-refractivity contribution in [3.05, 3.63) is 24.3 Å². The van der Waals surface area contributed by atoms with Gasteiger partial charge in [-0.25, -0.2) is 8.78 Å². The van der Waals surface area contributed by atoms with E-state index >= 15 is 0 Å². The minimum absolute atomic E-state index is 0. The van der Waals surface area contributed by atoms with Gasteiger partial charge in [-0.15, -0.1) is 12.4 Å². The van der Waals surface area contributed by atoms with Crippen LogP contribution in [0.1, 0.15) is 32.6 Å². The number of hydrogen-bond acceptors (Lipinski definition) is 6. The molecule has 2 aliphatic heterocycles. The Morgan fingerprint density at radius 3 is 2.35 bits per heavy atom.